The molecular weight excluding hydrogens is 299 g/mol. The molecule has 2 bridgehead atoms. The van der Waals surface area contributed by atoms with E-state index in [0.29, 0.717) is 11.8 Å². The normalized spacial score (nSPS) is 27.0. The molecule has 3 atom stereocenters. The van der Waals surface area contributed by atoms with Crippen LogP contribution < -0.4 is 5.32 Å². The van der Waals surface area contributed by atoms with Crippen molar-refractivity contribution in [1.29, 1.82) is 0 Å². The number of ether oxygens (including phenoxy) is 1. The highest BCUT2D eigenvalue weighted by molar-refractivity contribution is 5.90. The van der Waals surface area contributed by atoms with E-state index in [-0.39, 0.29) is 12.0 Å². The van der Waals surface area contributed by atoms with Gasteiger partial charge in [-0.05, 0) is 31.1 Å². The van der Waals surface area contributed by atoms with Crippen LogP contribution >= 0.6 is 0 Å². The average Bonchev–Trinajstić information content (AvgIpc) is 3.08. The quantitative estimate of drug-likeness (QED) is 0.869. The van der Waals surface area contributed by atoms with E-state index >= 15 is 0 Å². The third kappa shape index (κ3) is 2.74. The van der Waals surface area contributed by atoms with Crippen molar-refractivity contribution in [2.75, 3.05) is 12.4 Å². The predicted molar refractivity (Wildman–Crippen MR) is 71.2 cm³/mol. The predicted octanol–water partition coefficient (Wildman–Crippen LogP) is 2.88. The maximum Gasteiger partial charge on any atom is 0.434 e. The van der Waals surface area contributed by atoms with Crippen LogP contribution in [0.4, 0.5) is 19.1 Å². The van der Waals surface area contributed by atoms with E-state index in [0.717, 1.165) is 32.6 Å². The molecule has 1 aromatic rings. The summed E-state index contributed by atoms with van der Waals surface area (Å²) in [6.45, 7) is 0. The van der Waals surface area contributed by atoms with Crippen LogP contribution in [-0.2, 0) is 10.9 Å². The largest absolute Gasteiger partial charge is 0.465 e. The molecule has 2 fully saturated rings. The Morgan fingerprint density at radius 3 is 2.68 bits per heavy atom. The topological polar surface area (TPSA) is 64.1 Å². The Kier molecular flexibility index (Phi) is 3.70. The number of hydrogen-bond donors (Lipinski definition) is 1. The van der Waals surface area contributed by atoms with E-state index in [1.54, 1.807) is 0 Å². The van der Waals surface area contributed by atoms with Crippen LogP contribution in [0.1, 0.15) is 41.7 Å². The molecule has 0 amide bonds. The van der Waals surface area contributed by atoms with E-state index < -0.39 is 23.4 Å². The van der Waals surface area contributed by atoms with E-state index in [2.05, 4.69) is 20.0 Å². The van der Waals surface area contributed by atoms with E-state index in [1.165, 1.54) is 6.42 Å². The fourth-order valence-electron chi connectivity index (χ4n) is 3.51. The number of halogens is 3. The van der Waals surface area contributed by atoms with Crippen molar-refractivity contribution < 1.29 is 22.7 Å². The summed E-state index contributed by atoms with van der Waals surface area (Å²) < 4.78 is 43.5. The summed E-state index contributed by atoms with van der Waals surface area (Å²) in [7, 11) is 1.02. The van der Waals surface area contributed by atoms with Crippen LogP contribution in [0.2, 0.25) is 0 Å². The standard InChI is InChI=1S/C14H16F3N3O2/c1-22-12(21)9-6-18-13(20-11(9)14(15,16)17)19-10-5-7-2-3-8(10)4-7/h6-8,10H,2-5H2,1H3,(H,18,19,20)/t7-,8+,10-/m1/s1. The van der Waals surface area contributed by atoms with Gasteiger partial charge < -0.3 is 10.1 Å². The van der Waals surface area contributed by atoms with Gasteiger partial charge in [-0.25, -0.2) is 14.8 Å². The second kappa shape index (κ2) is 5.40. The van der Waals surface area contributed by atoms with Gasteiger partial charge in [0.25, 0.3) is 0 Å². The summed E-state index contributed by atoms with van der Waals surface area (Å²) in [6.07, 6.45) is 0.473. The molecule has 2 aliphatic carbocycles. The lowest BCUT2D eigenvalue weighted by Gasteiger charge is -2.23. The van der Waals surface area contributed by atoms with Gasteiger partial charge in [-0.1, -0.05) is 6.42 Å². The van der Waals surface area contributed by atoms with Crippen LogP contribution in [-0.4, -0.2) is 29.1 Å². The number of aromatic nitrogens is 2. The molecule has 8 heteroatoms. The number of anilines is 1. The highest BCUT2D eigenvalue weighted by atomic mass is 19.4. The van der Waals surface area contributed by atoms with Crippen molar-refractivity contribution >= 4 is 11.9 Å². The molecule has 1 aromatic heterocycles. The van der Waals surface area contributed by atoms with Crippen LogP contribution in [0.25, 0.3) is 0 Å². The minimum Gasteiger partial charge on any atom is -0.465 e. The average molecular weight is 315 g/mol. The molecule has 1 N–H and O–H groups in total. The number of alkyl halides is 3. The van der Waals surface area contributed by atoms with Crippen molar-refractivity contribution in [1.82, 2.24) is 9.97 Å². The first-order valence-electron chi connectivity index (χ1n) is 7.17. The lowest BCUT2D eigenvalue weighted by molar-refractivity contribution is -0.141. The number of carbonyl (C=O) groups excluding carboxylic acids is 1. The number of esters is 1. The number of carbonyl (C=O) groups is 1. The molecule has 0 radical (unpaired) electrons. The summed E-state index contributed by atoms with van der Waals surface area (Å²) in [5, 5.41) is 2.99. The minimum absolute atomic E-state index is 0.0856. The number of fused-ring (bicyclic) bond motifs is 2. The molecule has 120 valence electrons. The summed E-state index contributed by atoms with van der Waals surface area (Å²) in [5.41, 5.74) is -1.94. The maximum absolute atomic E-state index is 13.1. The second-order valence-electron chi connectivity index (χ2n) is 5.87. The first kappa shape index (κ1) is 15.1. The SMILES string of the molecule is COC(=O)c1cnc(N[C@@H]2C[C@@H]3CC[C@H]2C3)nc1C(F)(F)F. The monoisotopic (exact) mass is 315 g/mol. The van der Waals surface area contributed by atoms with E-state index in [9.17, 15) is 18.0 Å². The molecule has 0 spiro atoms. The Labute approximate surface area is 125 Å². The summed E-state index contributed by atoms with van der Waals surface area (Å²) in [6, 6.07) is 0.115. The zero-order valence-electron chi connectivity index (χ0n) is 12.0. The lowest BCUT2D eigenvalue weighted by Crippen LogP contribution is -2.28. The Hall–Kier alpha value is -1.86. The van der Waals surface area contributed by atoms with Crippen molar-refractivity contribution in [2.24, 2.45) is 11.8 Å². The van der Waals surface area contributed by atoms with Crippen molar-refractivity contribution in [2.45, 2.75) is 37.9 Å². The van der Waals surface area contributed by atoms with Gasteiger partial charge >= 0.3 is 12.1 Å². The Morgan fingerprint density at radius 2 is 2.14 bits per heavy atom. The molecule has 0 aliphatic heterocycles. The molecule has 22 heavy (non-hydrogen) atoms. The van der Waals surface area contributed by atoms with E-state index in [1.807, 2.05) is 0 Å². The molecule has 5 nitrogen and oxygen atoms in total. The number of nitrogens with zero attached hydrogens (tertiary/aromatic N) is 2. The Balaban J connectivity index is 1.85. The first-order chi connectivity index (χ1) is 10.4. The molecule has 0 saturated heterocycles. The fourth-order valence-corrected chi connectivity index (χ4v) is 3.51. The highest BCUT2D eigenvalue weighted by Crippen LogP contribution is 2.45. The second-order valence-corrected chi connectivity index (χ2v) is 5.87. The fraction of sp³-hybridized carbons (Fsp3) is 0.643. The van der Waals surface area contributed by atoms with Gasteiger partial charge in [0.1, 0.15) is 5.56 Å². The summed E-state index contributed by atoms with van der Waals surface area (Å²) in [4.78, 5) is 18.8. The smallest absolute Gasteiger partial charge is 0.434 e. The van der Waals surface area contributed by atoms with Gasteiger partial charge in [0.15, 0.2) is 5.69 Å². The number of rotatable bonds is 3. The summed E-state index contributed by atoms with van der Waals surface area (Å²) in [5.74, 6) is -0.0570. The molecule has 0 unspecified atom stereocenters. The molecule has 3 rings (SSSR count). The molecule has 2 aliphatic rings. The van der Waals surface area contributed by atoms with Crippen molar-refractivity contribution in [3.8, 4) is 0 Å². The van der Waals surface area contributed by atoms with Crippen LogP contribution in [0.3, 0.4) is 0 Å². The zero-order chi connectivity index (χ0) is 15.9. The van der Waals surface area contributed by atoms with Gasteiger partial charge in [0.2, 0.25) is 5.95 Å². The Morgan fingerprint density at radius 1 is 1.36 bits per heavy atom. The van der Waals surface area contributed by atoms with Crippen molar-refractivity contribution in [3.05, 3.63) is 17.5 Å². The third-order valence-corrected chi connectivity index (χ3v) is 4.52. The highest BCUT2D eigenvalue weighted by Gasteiger charge is 2.41. The van der Waals surface area contributed by atoms with Crippen molar-refractivity contribution in [3.63, 3.8) is 0 Å². The van der Waals surface area contributed by atoms with Crippen LogP contribution in [0, 0.1) is 11.8 Å². The zero-order valence-corrected chi connectivity index (χ0v) is 12.0. The first-order valence-corrected chi connectivity index (χ1v) is 7.17. The maximum atomic E-state index is 13.1. The van der Waals surface area contributed by atoms with Gasteiger partial charge in [-0.3, -0.25) is 0 Å². The minimum atomic E-state index is -4.74. The Bertz CT molecular complexity index is 591. The van der Waals surface area contributed by atoms with Crippen LogP contribution in [0.15, 0.2) is 6.20 Å². The third-order valence-electron chi connectivity index (χ3n) is 4.52. The molecule has 2 saturated carbocycles. The van der Waals surface area contributed by atoms with E-state index in [4.69, 9.17) is 0 Å². The van der Waals surface area contributed by atoms with Gasteiger partial charge in [-0.15, -0.1) is 0 Å². The van der Waals surface area contributed by atoms with Crippen LogP contribution in [0.5, 0.6) is 0 Å². The van der Waals surface area contributed by atoms with Gasteiger partial charge in [0.05, 0.1) is 7.11 Å². The number of methoxy groups -OCH3 is 1. The molecular formula is C14H16F3N3O2. The van der Waals surface area contributed by atoms with Gasteiger partial charge in [0, 0.05) is 12.2 Å². The van der Waals surface area contributed by atoms with Gasteiger partial charge in [-0.2, -0.15) is 13.2 Å². The number of hydrogen-bond acceptors (Lipinski definition) is 5. The lowest BCUT2D eigenvalue weighted by atomic mass is 9.95. The summed E-state index contributed by atoms with van der Waals surface area (Å²) >= 11 is 0. The molecule has 0 aromatic carbocycles. The number of nitrogens with one attached hydrogen (secondary N) is 1. The molecule has 1 heterocycles.